The molecule has 1 aliphatic rings. The first-order valence-corrected chi connectivity index (χ1v) is 16.9. The molecule has 50 heavy (non-hydrogen) atoms. The van der Waals surface area contributed by atoms with E-state index in [1.54, 1.807) is 36.4 Å². The number of benzene rings is 5. The van der Waals surface area contributed by atoms with E-state index in [-0.39, 0.29) is 35.4 Å². The molecule has 0 spiro atoms. The largest absolute Gasteiger partial charge is 0.478 e. The van der Waals surface area contributed by atoms with Gasteiger partial charge in [0.15, 0.2) is 0 Å². The van der Waals surface area contributed by atoms with Gasteiger partial charge in [0.05, 0.1) is 11.6 Å². The standard InChI is InChI=1S/C42H42N2O6/c1-28(36-16-10-14-29-13-8-9-15-37(29)36)44(41(48)50-42(2,3)4)26-33-25-43(27-38(33)30-11-6-5-7-12-30)39(45)31-17-21-34(22-18-31)49-35-23-19-32(20-24-35)40(46)47/h5-24,28,33,38H,25-27H2,1-4H3,(H,46,47)/t28-,33-,38-/m1/s1. The molecule has 1 saturated heterocycles. The molecule has 6 rings (SSSR count). The van der Waals surface area contributed by atoms with Crippen LogP contribution in [0, 0.1) is 5.92 Å². The molecule has 1 heterocycles. The van der Waals surface area contributed by atoms with E-state index >= 15 is 0 Å². The molecule has 0 bridgehead atoms. The van der Waals surface area contributed by atoms with Gasteiger partial charge in [-0.1, -0.05) is 72.8 Å². The van der Waals surface area contributed by atoms with Crippen molar-refractivity contribution in [3.05, 3.63) is 144 Å². The van der Waals surface area contributed by atoms with Crippen LogP contribution in [0.1, 0.15) is 71.5 Å². The maximum absolute atomic E-state index is 14.0. The number of amides is 2. The van der Waals surface area contributed by atoms with Crippen LogP contribution in [0.15, 0.2) is 121 Å². The lowest BCUT2D eigenvalue weighted by Gasteiger charge is -2.35. The summed E-state index contributed by atoms with van der Waals surface area (Å²) in [5.41, 5.74) is 2.18. The monoisotopic (exact) mass is 670 g/mol. The SMILES string of the molecule is C[C@H](c1cccc2ccccc12)N(C[C@H]1CN(C(=O)c2ccc(Oc3ccc(C(=O)O)cc3)cc2)C[C@@H]1c1ccccc1)C(=O)OC(C)(C)C. The fourth-order valence-corrected chi connectivity index (χ4v) is 6.70. The quantitative estimate of drug-likeness (QED) is 0.168. The Morgan fingerprint density at radius 1 is 0.780 bits per heavy atom. The van der Waals surface area contributed by atoms with Crippen LogP contribution < -0.4 is 4.74 Å². The van der Waals surface area contributed by atoms with Crippen molar-refractivity contribution in [1.82, 2.24) is 9.80 Å². The molecule has 3 atom stereocenters. The maximum Gasteiger partial charge on any atom is 0.410 e. The minimum atomic E-state index is -1.00. The Balaban J connectivity index is 1.25. The van der Waals surface area contributed by atoms with Crippen molar-refractivity contribution in [2.45, 2.75) is 45.3 Å². The van der Waals surface area contributed by atoms with Gasteiger partial charge < -0.3 is 24.4 Å². The number of fused-ring (bicyclic) bond motifs is 1. The normalized spacial score (nSPS) is 16.5. The highest BCUT2D eigenvalue weighted by Crippen LogP contribution is 2.37. The number of hydrogen-bond acceptors (Lipinski definition) is 5. The zero-order valence-corrected chi connectivity index (χ0v) is 28.8. The van der Waals surface area contributed by atoms with Crippen LogP contribution in [0.2, 0.25) is 0 Å². The summed E-state index contributed by atoms with van der Waals surface area (Å²) in [4.78, 5) is 42.8. The zero-order valence-electron chi connectivity index (χ0n) is 28.8. The minimum Gasteiger partial charge on any atom is -0.478 e. The molecule has 1 aliphatic heterocycles. The Morgan fingerprint density at radius 3 is 2.02 bits per heavy atom. The topological polar surface area (TPSA) is 96.4 Å². The van der Waals surface area contributed by atoms with Gasteiger partial charge in [0.2, 0.25) is 0 Å². The van der Waals surface area contributed by atoms with Crippen molar-refractivity contribution >= 4 is 28.7 Å². The number of nitrogens with zero attached hydrogens (tertiary/aromatic N) is 2. The third kappa shape index (κ3) is 7.81. The number of ether oxygens (including phenoxy) is 2. The van der Waals surface area contributed by atoms with Gasteiger partial charge in [-0.2, -0.15) is 0 Å². The molecule has 5 aromatic rings. The Hall–Kier alpha value is -5.63. The number of hydrogen-bond donors (Lipinski definition) is 1. The summed E-state index contributed by atoms with van der Waals surface area (Å²) in [6.07, 6.45) is -0.386. The van der Waals surface area contributed by atoms with Gasteiger partial charge in [-0.3, -0.25) is 4.79 Å². The number of rotatable bonds is 9. The molecule has 0 aromatic heterocycles. The van der Waals surface area contributed by atoms with Gasteiger partial charge >= 0.3 is 12.1 Å². The molecular formula is C42H42N2O6. The van der Waals surface area contributed by atoms with Gasteiger partial charge in [-0.25, -0.2) is 9.59 Å². The molecule has 5 aromatic carbocycles. The first-order valence-electron chi connectivity index (χ1n) is 16.9. The highest BCUT2D eigenvalue weighted by atomic mass is 16.6. The Kier molecular flexibility index (Phi) is 9.90. The molecule has 1 fully saturated rings. The fourth-order valence-electron chi connectivity index (χ4n) is 6.70. The molecular weight excluding hydrogens is 628 g/mol. The van der Waals surface area contributed by atoms with Crippen LogP contribution in [-0.4, -0.2) is 58.1 Å². The van der Waals surface area contributed by atoms with E-state index in [9.17, 15) is 14.4 Å². The summed E-state index contributed by atoms with van der Waals surface area (Å²) in [5, 5.41) is 11.3. The predicted octanol–water partition coefficient (Wildman–Crippen LogP) is 9.18. The van der Waals surface area contributed by atoms with E-state index in [1.807, 2.05) is 73.9 Å². The lowest BCUT2D eigenvalue weighted by atomic mass is 9.88. The van der Waals surface area contributed by atoms with E-state index in [2.05, 4.69) is 36.4 Å². The van der Waals surface area contributed by atoms with Gasteiger partial charge in [0, 0.05) is 37.0 Å². The Bertz CT molecular complexity index is 1960. The summed E-state index contributed by atoms with van der Waals surface area (Å²) in [6, 6.07) is 37.4. The first kappa shape index (κ1) is 34.2. The van der Waals surface area contributed by atoms with E-state index in [0.717, 1.165) is 21.9 Å². The zero-order chi connectivity index (χ0) is 35.4. The number of carboxylic acid groups (broad SMARTS) is 1. The molecule has 0 saturated carbocycles. The minimum absolute atomic E-state index is 0.00110. The second kappa shape index (κ2) is 14.5. The van der Waals surface area contributed by atoms with Gasteiger partial charge in [0.1, 0.15) is 17.1 Å². The molecule has 8 nitrogen and oxygen atoms in total. The molecule has 8 heteroatoms. The molecule has 2 amide bonds. The number of carbonyl (C=O) groups is 3. The van der Waals surface area contributed by atoms with E-state index < -0.39 is 11.6 Å². The number of aromatic carboxylic acids is 1. The molecule has 0 unspecified atom stereocenters. The molecule has 256 valence electrons. The number of likely N-dealkylation sites (tertiary alicyclic amines) is 1. The summed E-state index contributed by atoms with van der Waals surface area (Å²) in [5.74, 6) is -0.133. The second-order valence-corrected chi connectivity index (χ2v) is 13.8. The Labute approximate surface area is 292 Å². The highest BCUT2D eigenvalue weighted by molar-refractivity contribution is 5.94. The summed E-state index contributed by atoms with van der Waals surface area (Å²) in [6.45, 7) is 9.04. The molecule has 0 aliphatic carbocycles. The van der Waals surface area contributed by atoms with Gasteiger partial charge in [-0.15, -0.1) is 0 Å². The third-order valence-corrected chi connectivity index (χ3v) is 9.19. The third-order valence-electron chi connectivity index (χ3n) is 9.19. The predicted molar refractivity (Wildman–Crippen MR) is 194 cm³/mol. The van der Waals surface area contributed by atoms with Crippen LogP contribution in [0.5, 0.6) is 11.5 Å². The fraction of sp³-hybridized carbons (Fsp3) is 0.262. The van der Waals surface area contributed by atoms with Gasteiger partial charge in [0.25, 0.3) is 5.91 Å². The lowest BCUT2D eigenvalue weighted by molar-refractivity contribution is 0.0137. The lowest BCUT2D eigenvalue weighted by Crippen LogP contribution is -2.42. The highest BCUT2D eigenvalue weighted by Gasteiger charge is 2.40. The van der Waals surface area contributed by atoms with E-state index in [0.29, 0.717) is 36.7 Å². The molecule has 0 radical (unpaired) electrons. The van der Waals surface area contributed by atoms with Crippen LogP contribution in [0.25, 0.3) is 10.8 Å². The van der Waals surface area contributed by atoms with Crippen molar-refractivity contribution in [1.29, 1.82) is 0 Å². The summed E-state index contributed by atoms with van der Waals surface area (Å²) in [7, 11) is 0. The number of carbonyl (C=O) groups excluding carboxylic acids is 2. The van der Waals surface area contributed by atoms with Crippen molar-refractivity contribution < 1.29 is 29.0 Å². The first-order chi connectivity index (χ1) is 24.0. The van der Waals surface area contributed by atoms with Crippen molar-refractivity contribution in [2.24, 2.45) is 5.92 Å². The smallest absolute Gasteiger partial charge is 0.410 e. The van der Waals surface area contributed by atoms with Crippen molar-refractivity contribution in [2.75, 3.05) is 19.6 Å². The average Bonchev–Trinajstić information content (AvgIpc) is 3.54. The van der Waals surface area contributed by atoms with Crippen molar-refractivity contribution in [3.8, 4) is 11.5 Å². The summed E-state index contributed by atoms with van der Waals surface area (Å²) < 4.78 is 11.9. The molecule has 1 N–H and O–H groups in total. The van der Waals surface area contributed by atoms with Crippen LogP contribution in [0.3, 0.4) is 0 Å². The average molecular weight is 671 g/mol. The second-order valence-electron chi connectivity index (χ2n) is 13.8. The van der Waals surface area contributed by atoms with Crippen LogP contribution in [-0.2, 0) is 4.74 Å². The summed E-state index contributed by atoms with van der Waals surface area (Å²) >= 11 is 0. The number of carboxylic acids is 1. The Morgan fingerprint density at radius 2 is 1.38 bits per heavy atom. The van der Waals surface area contributed by atoms with Crippen molar-refractivity contribution in [3.63, 3.8) is 0 Å². The van der Waals surface area contributed by atoms with Gasteiger partial charge in [-0.05, 0) is 98.1 Å². The van der Waals surface area contributed by atoms with Crippen LogP contribution >= 0.6 is 0 Å². The maximum atomic E-state index is 14.0. The van der Waals surface area contributed by atoms with E-state index in [1.165, 1.54) is 12.1 Å². The van der Waals surface area contributed by atoms with Crippen LogP contribution in [0.4, 0.5) is 4.79 Å². The van der Waals surface area contributed by atoms with E-state index in [4.69, 9.17) is 14.6 Å².